The fourth-order valence-corrected chi connectivity index (χ4v) is 6.70. The summed E-state index contributed by atoms with van der Waals surface area (Å²) in [4.78, 5) is 13.7. The summed E-state index contributed by atoms with van der Waals surface area (Å²) in [5.41, 5.74) is 0. The van der Waals surface area contributed by atoms with Gasteiger partial charge in [0, 0.05) is 12.6 Å². The lowest BCUT2D eigenvalue weighted by Crippen LogP contribution is -2.33. The van der Waals surface area contributed by atoms with Crippen LogP contribution in [0.1, 0.15) is 59.4 Å². The van der Waals surface area contributed by atoms with Crippen LogP contribution in [0.25, 0.3) is 10.7 Å². The van der Waals surface area contributed by atoms with Gasteiger partial charge in [-0.05, 0) is 68.2 Å². The number of hydrogen-bond donors (Lipinski definition) is 1. The van der Waals surface area contributed by atoms with E-state index in [0.717, 1.165) is 27.7 Å². The SMILES string of the molecule is CC(C)CNC(=O)C(C)Sc1nnc(-c2cccs2)n1C(C)C1CC2CCC1C2. The molecule has 5 unspecified atom stereocenters. The minimum Gasteiger partial charge on any atom is -0.355 e. The van der Waals surface area contributed by atoms with Crippen LogP contribution >= 0.6 is 23.1 Å². The Morgan fingerprint density at radius 3 is 2.72 bits per heavy atom. The van der Waals surface area contributed by atoms with Crippen molar-refractivity contribution < 1.29 is 4.79 Å². The Morgan fingerprint density at radius 1 is 1.28 bits per heavy atom. The number of nitrogens with one attached hydrogen (secondary N) is 1. The first-order chi connectivity index (χ1) is 13.9. The van der Waals surface area contributed by atoms with Crippen molar-refractivity contribution in [2.24, 2.45) is 23.7 Å². The van der Waals surface area contributed by atoms with E-state index >= 15 is 0 Å². The predicted octanol–water partition coefficient (Wildman–Crippen LogP) is 5.26. The number of amides is 1. The van der Waals surface area contributed by atoms with Gasteiger partial charge in [-0.3, -0.25) is 9.36 Å². The topological polar surface area (TPSA) is 59.8 Å². The molecular formula is C22H32N4OS2. The molecule has 2 aromatic rings. The van der Waals surface area contributed by atoms with Crippen molar-refractivity contribution in [1.82, 2.24) is 20.1 Å². The second-order valence-corrected chi connectivity index (χ2v) is 11.4. The number of thiophene rings is 1. The Bertz CT molecular complexity index is 832. The summed E-state index contributed by atoms with van der Waals surface area (Å²) in [6.45, 7) is 9.22. The average molecular weight is 433 g/mol. The highest BCUT2D eigenvalue weighted by molar-refractivity contribution is 8.00. The lowest BCUT2D eigenvalue weighted by atomic mass is 9.84. The minimum absolute atomic E-state index is 0.0727. The first kappa shape index (κ1) is 20.9. The van der Waals surface area contributed by atoms with Gasteiger partial charge in [-0.1, -0.05) is 38.1 Å². The van der Waals surface area contributed by atoms with E-state index in [9.17, 15) is 4.79 Å². The molecule has 5 nitrogen and oxygen atoms in total. The maximum absolute atomic E-state index is 12.5. The molecule has 2 saturated carbocycles. The zero-order valence-electron chi connectivity index (χ0n) is 17.8. The van der Waals surface area contributed by atoms with Crippen molar-refractivity contribution in [2.75, 3.05) is 6.54 Å². The van der Waals surface area contributed by atoms with Crippen LogP contribution in [-0.4, -0.2) is 32.5 Å². The Kier molecular flexibility index (Phi) is 6.35. The van der Waals surface area contributed by atoms with Crippen molar-refractivity contribution >= 4 is 29.0 Å². The van der Waals surface area contributed by atoms with Crippen molar-refractivity contribution in [2.45, 2.75) is 69.8 Å². The van der Waals surface area contributed by atoms with Gasteiger partial charge >= 0.3 is 0 Å². The summed E-state index contributed by atoms with van der Waals surface area (Å²) in [7, 11) is 0. The Labute approximate surface area is 182 Å². The smallest absolute Gasteiger partial charge is 0.233 e. The van der Waals surface area contributed by atoms with Crippen LogP contribution < -0.4 is 5.32 Å². The van der Waals surface area contributed by atoms with E-state index in [1.54, 1.807) is 11.3 Å². The fourth-order valence-electron chi connectivity index (χ4n) is 5.03. The number of nitrogens with zero attached hydrogens (tertiary/aromatic N) is 3. The molecule has 2 heterocycles. The van der Waals surface area contributed by atoms with E-state index in [-0.39, 0.29) is 11.2 Å². The number of aromatic nitrogens is 3. The van der Waals surface area contributed by atoms with E-state index in [0.29, 0.717) is 24.4 Å². The van der Waals surface area contributed by atoms with E-state index in [1.807, 2.05) is 6.92 Å². The number of carbonyl (C=O) groups excluding carboxylic acids is 1. The third-order valence-electron chi connectivity index (χ3n) is 6.56. The first-order valence-corrected chi connectivity index (χ1v) is 12.6. The highest BCUT2D eigenvalue weighted by atomic mass is 32.2. The molecule has 2 aliphatic carbocycles. The normalized spacial score (nSPS) is 25.5. The van der Waals surface area contributed by atoms with E-state index in [4.69, 9.17) is 0 Å². The molecule has 1 N–H and O–H groups in total. The molecule has 2 aliphatic rings. The van der Waals surface area contributed by atoms with Crippen molar-refractivity contribution in [3.8, 4) is 10.7 Å². The minimum atomic E-state index is -0.194. The first-order valence-electron chi connectivity index (χ1n) is 10.9. The van der Waals surface area contributed by atoms with Crippen molar-refractivity contribution in [3.05, 3.63) is 17.5 Å². The fraction of sp³-hybridized carbons (Fsp3) is 0.682. The molecule has 29 heavy (non-hydrogen) atoms. The third-order valence-corrected chi connectivity index (χ3v) is 8.48. The van der Waals surface area contributed by atoms with Gasteiger partial charge in [-0.2, -0.15) is 0 Å². The van der Waals surface area contributed by atoms with Crippen LogP contribution in [0, 0.1) is 23.7 Å². The van der Waals surface area contributed by atoms with Crippen molar-refractivity contribution in [3.63, 3.8) is 0 Å². The number of carbonyl (C=O) groups is 1. The van der Waals surface area contributed by atoms with Gasteiger partial charge in [-0.15, -0.1) is 21.5 Å². The highest BCUT2D eigenvalue weighted by Crippen LogP contribution is 2.53. The summed E-state index contributed by atoms with van der Waals surface area (Å²) in [5.74, 6) is 3.90. The number of thioether (sulfide) groups is 1. The molecule has 2 aromatic heterocycles. The molecule has 2 fully saturated rings. The maximum atomic E-state index is 12.5. The molecule has 0 aliphatic heterocycles. The molecule has 0 aromatic carbocycles. The summed E-state index contributed by atoms with van der Waals surface area (Å²) in [5, 5.41) is 14.9. The molecule has 7 heteroatoms. The molecule has 1 amide bonds. The number of rotatable bonds is 8. The lowest BCUT2D eigenvalue weighted by molar-refractivity contribution is -0.120. The monoisotopic (exact) mass is 432 g/mol. The van der Waals surface area contributed by atoms with Crippen LogP contribution in [0.5, 0.6) is 0 Å². The van der Waals surface area contributed by atoms with E-state index < -0.39 is 0 Å². The second kappa shape index (κ2) is 8.80. The van der Waals surface area contributed by atoms with Crippen LogP contribution in [0.15, 0.2) is 22.7 Å². The van der Waals surface area contributed by atoms with Gasteiger partial charge in [-0.25, -0.2) is 0 Å². The number of hydrogen-bond acceptors (Lipinski definition) is 5. The van der Waals surface area contributed by atoms with Gasteiger partial charge in [0.2, 0.25) is 5.91 Å². The van der Waals surface area contributed by atoms with Crippen molar-refractivity contribution in [1.29, 1.82) is 0 Å². The van der Waals surface area contributed by atoms with Gasteiger partial charge < -0.3 is 5.32 Å². The Balaban J connectivity index is 1.58. The van der Waals surface area contributed by atoms with Crippen LogP contribution in [0.2, 0.25) is 0 Å². The number of fused-ring (bicyclic) bond motifs is 2. The molecule has 0 radical (unpaired) electrons. The molecule has 4 rings (SSSR count). The zero-order valence-corrected chi connectivity index (χ0v) is 19.4. The summed E-state index contributed by atoms with van der Waals surface area (Å²) in [6, 6.07) is 4.54. The summed E-state index contributed by atoms with van der Waals surface area (Å²) < 4.78 is 2.33. The van der Waals surface area contributed by atoms with E-state index in [2.05, 4.69) is 58.4 Å². The lowest BCUT2D eigenvalue weighted by Gasteiger charge is -2.30. The standard InChI is InChI=1S/C22H32N4OS2/c1-13(2)12-23-21(27)15(4)29-22-25-24-20(19-6-5-9-28-19)26(22)14(3)18-11-16-7-8-17(18)10-16/h5-6,9,13-18H,7-8,10-12H2,1-4H3,(H,23,27). The Morgan fingerprint density at radius 2 is 2.10 bits per heavy atom. The van der Waals surface area contributed by atoms with Crippen LogP contribution in [0.3, 0.4) is 0 Å². The van der Waals surface area contributed by atoms with Gasteiger partial charge in [0.15, 0.2) is 11.0 Å². The van der Waals surface area contributed by atoms with Gasteiger partial charge in [0.05, 0.1) is 10.1 Å². The highest BCUT2D eigenvalue weighted by Gasteiger charge is 2.43. The van der Waals surface area contributed by atoms with E-state index in [1.165, 1.54) is 37.4 Å². The molecule has 2 bridgehead atoms. The second-order valence-electron chi connectivity index (χ2n) is 9.13. The molecular weight excluding hydrogens is 400 g/mol. The average Bonchev–Trinajstić information content (AvgIpc) is 3.48. The largest absolute Gasteiger partial charge is 0.355 e. The molecule has 158 valence electrons. The molecule has 5 atom stereocenters. The van der Waals surface area contributed by atoms with Crippen LogP contribution in [0.4, 0.5) is 0 Å². The molecule has 0 saturated heterocycles. The predicted molar refractivity (Wildman–Crippen MR) is 120 cm³/mol. The van der Waals surface area contributed by atoms with Gasteiger partial charge in [0.1, 0.15) is 0 Å². The molecule has 0 spiro atoms. The third kappa shape index (κ3) is 4.41. The van der Waals surface area contributed by atoms with Crippen LogP contribution in [-0.2, 0) is 4.79 Å². The quantitative estimate of drug-likeness (QED) is 0.578. The maximum Gasteiger partial charge on any atom is 0.233 e. The zero-order chi connectivity index (χ0) is 20.5. The van der Waals surface area contributed by atoms with Gasteiger partial charge in [0.25, 0.3) is 0 Å². The summed E-state index contributed by atoms with van der Waals surface area (Å²) in [6.07, 6.45) is 5.49. The Hall–Kier alpha value is -1.34. The summed E-state index contributed by atoms with van der Waals surface area (Å²) >= 11 is 3.24.